The highest BCUT2D eigenvalue weighted by molar-refractivity contribution is 5.85. The van der Waals surface area contributed by atoms with Crippen LogP contribution in [0.5, 0.6) is 0 Å². The van der Waals surface area contributed by atoms with Gasteiger partial charge in [0.15, 0.2) is 0 Å². The van der Waals surface area contributed by atoms with Crippen LogP contribution in [0.15, 0.2) is 48.8 Å². The Kier molecular flexibility index (Phi) is 2.52. The first-order chi connectivity index (χ1) is 9.18. The van der Waals surface area contributed by atoms with Crippen molar-refractivity contribution in [2.75, 3.05) is 0 Å². The van der Waals surface area contributed by atoms with Crippen molar-refractivity contribution < 1.29 is 4.92 Å². The quantitative estimate of drug-likeness (QED) is 0.520. The van der Waals surface area contributed by atoms with E-state index >= 15 is 0 Å². The Labute approximate surface area is 109 Å². The van der Waals surface area contributed by atoms with Crippen molar-refractivity contribution in [1.29, 1.82) is 0 Å². The van der Waals surface area contributed by atoms with Crippen LogP contribution in [0.2, 0.25) is 0 Å². The summed E-state index contributed by atoms with van der Waals surface area (Å²) in [5, 5.41) is 12.2. The van der Waals surface area contributed by atoms with Crippen molar-refractivity contribution in [3.63, 3.8) is 0 Å². The third-order valence-corrected chi connectivity index (χ3v) is 3.10. The number of fused-ring (bicyclic) bond motifs is 1. The lowest BCUT2D eigenvalue weighted by Gasteiger charge is -2.04. The fourth-order valence-corrected chi connectivity index (χ4v) is 2.24. The van der Waals surface area contributed by atoms with Crippen LogP contribution in [0.4, 0.5) is 5.69 Å². The van der Waals surface area contributed by atoms with Gasteiger partial charge in [0.2, 0.25) is 5.82 Å². The van der Waals surface area contributed by atoms with Gasteiger partial charge >= 0.3 is 5.69 Å². The van der Waals surface area contributed by atoms with Crippen LogP contribution < -0.4 is 0 Å². The van der Waals surface area contributed by atoms with Crippen molar-refractivity contribution in [2.45, 2.75) is 6.92 Å². The third-order valence-electron chi connectivity index (χ3n) is 3.10. The van der Waals surface area contributed by atoms with E-state index in [1.807, 2.05) is 37.4 Å². The van der Waals surface area contributed by atoms with Crippen molar-refractivity contribution >= 4 is 16.6 Å². The Morgan fingerprint density at radius 2 is 2.00 bits per heavy atom. The van der Waals surface area contributed by atoms with E-state index in [4.69, 9.17) is 0 Å². The molecule has 2 heterocycles. The van der Waals surface area contributed by atoms with E-state index in [2.05, 4.69) is 4.98 Å². The van der Waals surface area contributed by atoms with Gasteiger partial charge in [0.25, 0.3) is 0 Å². The molecule has 5 heteroatoms. The molecule has 0 saturated carbocycles. The molecule has 0 amide bonds. The standard InChI is InChI=1S/C14H11N3O2/c1-10-9-16(12-6-3-2-5-11(10)12)14-13(17(18)19)7-4-8-15-14/h2-9H,1H3. The number of hydrogen-bond acceptors (Lipinski definition) is 3. The molecule has 0 radical (unpaired) electrons. The zero-order chi connectivity index (χ0) is 13.4. The van der Waals surface area contributed by atoms with Gasteiger partial charge in [-0.3, -0.25) is 14.7 Å². The number of nitrogens with zero attached hydrogens (tertiary/aromatic N) is 3. The van der Waals surface area contributed by atoms with E-state index in [1.165, 1.54) is 6.07 Å². The molecule has 19 heavy (non-hydrogen) atoms. The lowest BCUT2D eigenvalue weighted by molar-refractivity contribution is -0.384. The number of nitro groups is 1. The van der Waals surface area contributed by atoms with Crippen LogP contribution in [0.1, 0.15) is 5.56 Å². The Balaban J connectivity index is 2.34. The molecule has 0 atom stereocenters. The summed E-state index contributed by atoms with van der Waals surface area (Å²) in [6.07, 6.45) is 3.44. The summed E-state index contributed by atoms with van der Waals surface area (Å²) in [6, 6.07) is 10.8. The zero-order valence-corrected chi connectivity index (χ0v) is 10.3. The van der Waals surface area contributed by atoms with Crippen molar-refractivity contribution in [2.24, 2.45) is 0 Å². The number of rotatable bonds is 2. The van der Waals surface area contributed by atoms with Crippen LogP contribution in [-0.2, 0) is 0 Å². The summed E-state index contributed by atoms with van der Waals surface area (Å²) < 4.78 is 1.77. The molecule has 3 aromatic rings. The van der Waals surface area contributed by atoms with E-state index in [0.717, 1.165) is 16.5 Å². The number of hydrogen-bond donors (Lipinski definition) is 0. The molecule has 0 spiro atoms. The van der Waals surface area contributed by atoms with Gasteiger partial charge in [-0.2, -0.15) is 0 Å². The van der Waals surface area contributed by atoms with Crippen LogP contribution in [-0.4, -0.2) is 14.5 Å². The highest BCUT2D eigenvalue weighted by atomic mass is 16.6. The highest BCUT2D eigenvalue weighted by Crippen LogP contribution is 2.27. The number of benzene rings is 1. The second-order valence-corrected chi connectivity index (χ2v) is 4.30. The van der Waals surface area contributed by atoms with E-state index in [1.54, 1.807) is 16.8 Å². The second-order valence-electron chi connectivity index (χ2n) is 4.30. The molecule has 0 aliphatic carbocycles. The maximum atomic E-state index is 11.1. The molecule has 0 unspecified atom stereocenters. The molecule has 0 bridgehead atoms. The minimum absolute atomic E-state index is 0.00301. The lowest BCUT2D eigenvalue weighted by Crippen LogP contribution is -2.01. The maximum absolute atomic E-state index is 11.1. The molecule has 1 aromatic carbocycles. The van der Waals surface area contributed by atoms with Crippen molar-refractivity contribution in [1.82, 2.24) is 9.55 Å². The third kappa shape index (κ3) is 1.76. The molecule has 0 fully saturated rings. The zero-order valence-electron chi connectivity index (χ0n) is 10.3. The van der Waals surface area contributed by atoms with Gasteiger partial charge in [0, 0.05) is 23.8 Å². The number of aromatic nitrogens is 2. The molecule has 3 rings (SSSR count). The molecular formula is C14H11N3O2. The Morgan fingerprint density at radius 3 is 2.79 bits per heavy atom. The highest BCUT2D eigenvalue weighted by Gasteiger charge is 2.18. The van der Waals surface area contributed by atoms with Gasteiger partial charge < -0.3 is 0 Å². The summed E-state index contributed by atoms with van der Waals surface area (Å²) in [4.78, 5) is 14.8. The summed E-state index contributed by atoms with van der Waals surface area (Å²) in [6.45, 7) is 1.98. The molecular weight excluding hydrogens is 242 g/mol. The predicted molar refractivity (Wildman–Crippen MR) is 72.5 cm³/mol. The Bertz CT molecular complexity index is 777. The second kappa shape index (κ2) is 4.20. The van der Waals surface area contributed by atoms with Gasteiger partial charge in [0.1, 0.15) is 0 Å². The van der Waals surface area contributed by atoms with Crippen LogP contribution in [0.3, 0.4) is 0 Å². The fraction of sp³-hybridized carbons (Fsp3) is 0.0714. The first-order valence-electron chi connectivity index (χ1n) is 5.85. The molecule has 0 aliphatic rings. The smallest absolute Gasteiger partial charge is 0.295 e. The summed E-state index contributed by atoms with van der Waals surface area (Å²) >= 11 is 0. The summed E-state index contributed by atoms with van der Waals surface area (Å²) in [5.41, 5.74) is 1.99. The number of para-hydroxylation sites is 1. The Morgan fingerprint density at radius 1 is 1.21 bits per heavy atom. The molecule has 2 aromatic heterocycles. The molecule has 0 N–H and O–H groups in total. The molecule has 5 nitrogen and oxygen atoms in total. The van der Waals surface area contributed by atoms with Crippen LogP contribution >= 0.6 is 0 Å². The van der Waals surface area contributed by atoms with E-state index in [0.29, 0.717) is 5.82 Å². The van der Waals surface area contributed by atoms with Gasteiger partial charge in [0.05, 0.1) is 10.4 Å². The summed E-state index contributed by atoms with van der Waals surface area (Å²) in [5.74, 6) is 0.344. The minimum Gasteiger partial charge on any atom is -0.295 e. The molecule has 0 aliphatic heterocycles. The van der Waals surface area contributed by atoms with Gasteiger partial charge in [-0.05, 0) is 24.6 Å². The minimum atomic E-state index is -0.410. The fourth-order valence-electron chi connectivity index (χ4n) is 2.24. The molecule has 0 saturated heterocycles. The van der Waals surface area contributed by atoms with Gasteiger partial charge in [-0.25, -0.2) is 4.98 Å². The largest absolute Gasteiger partial charge is 0.312 e. The van der Waals surface area contributed by atoms with E-state index in [9.17, 15) is 10.1 Å². The maximum Gasteiger partial charge on any atom is 0.312 e. The van der Waals surface area contributed by atoms with Crippen LogP contribution in [0.25, 0.3) is 16.7 Å². The van der Waals surface area contributed by atoms with Gasteiger partial charge in [-0.15, -0.1) is 0 Å². The molecule has 94 valence electrons. The van der Waals surface area contributed by atoms with E-state index in [-0.39, 0.29) is 5.69 Å². The van der Waals surface area contributed by atoms with Crippen LogP contribution in [0, 0.1) is 17.0 Å². The number of aryl methyl sites for hydroxylation is 1. The summed E-state index contributed by atoms with van der Waals surface area (Å²) in [7, 11) is 0. The van der Waals surface area contributed by atoms with Crippen molar-refractivity contribution in [3.8, 4) is 5.82 Å². The SMILES string of the molecule is Cc1cn(-c2ncccc2[N+](=O)[O-])c2ccccc12. The van der Waals surface area contributed by atoms with Crippen molar-refractivity contribution in [3.05, 3.63) is 64.5 Å². The first kappa shape index (κ1) is 11.4. The number of pyridine rings is 1. The van der Waals surface area contributed by atoms with Gasteiger partial charge in [-0.1, -0.05) is 18.2 Å². The first-order valence-corrected chi connectivity index (χ1v) is 5.85. The van der Waals surface area contributed by atoms with E-state index < -0.39 is 4.92 Å². The average Bonchev–Trinajstić information content (AvgIpc) is 2.77. The monoisotopic (exact) mass is 253 g/mol. The average molecular weight is 253 g/mol. The lowest BCUT2D eigenvalue weighted by atomic mass is 10.2. The normalized spacial score (nSPS) is 10.8. The topological polar surface area (TPSA) is 61.0 Å². The predicted octanol–water partition coefficient (Wildman–Crippen LogP) is 3.24. The Hall–Kier alpha value is -2.69.